The summed E-state index contributed by atoms with van der Waals surface area (Å²) in [4.78, 5) is 14.7. The molecule has 5 heteroatoms. The van der Waals surface area contributed by atoms with Gasteiger partial charge in [0.05, 0.1) is 0 Å². The van der Waals surface area contributed by atoms with Crippen molar-refractivity contribution in [3.8, 4) is 0 Å². The molecule has 1 aliphatic rings. The number of oxime groups is 1. The molecule has 5 nitrogen and oxygen atoms in total. The molecule has 1 saturated heterocycles. The molecule has 110 valence electrons. The molecule has 1 unspecified atom stereocenters. The Morgan fingerprint density at radius 1 is 1.42 bits per heavy atom. The van der Waals surface area contributed by atoms with Crippen LogP contribution in [0.5, 0.6) is 0 Å². The van der Waals surface area contributed by atoms with E-state index in [9.17, 15) is 4.79 Å². The van der Waals surface area contributed by atoms with Gasteiger partial charge in [0.15, 0.2) is 5.84 Å². The predicted octanol–water partition coefficient (Wildman–Crippen LogP) is 2.19. The van der Waals surface area contributed by atoms with Gasteiger partial charge >= 0.3 is 0 Å². The Kier molecular flexibility index (Phi) is 5.63. The van der Waals surface area contributed by atoms with Crippen LogP contribution in [0.1, 0.15) is 52.9 Å². The first-order valence-electron chi connectivity index (χ1n) is 7.29. The average molecular weight is 269 g/mol. The summed E-state index contributed by atoms with van der Waals surface area (Å²) in [5.41, 5.74) is 5.06. The minimum Gasteiger partial charge on any atom is -0.409 e. The predicted molar refractivity (Wildman–Crippen MR) is 76.0 cm³/mol. The first kappa shape index (κ1) is 15.8. The highest BCUT2D eigenvalue weighted by molar-refractivity contribution is 6.06. The number of nitrogens with two attached hydrogens (primary N) is 1. The van der Waals surface area contributed by atoms with Crippen molar-refractivity contribution in [2.45, 2.75) is 52.9 Å². The fourth-order valence-electron chi connectivity index (χ4n) is 3.08. The van der Waals surface area contributed by atoms with Gasteiger partial charge < -0.3 is 15.8 Å². The summed E-state index contributed by atoms with van der Waals surface area (Å²) in [5, 5.41) is 12.2. The van der Waals surface area contributed by atoms with E-state index in [1.165, 1.54) is 0 Å². The van der Waals surface area contributed by atoms with Gasteiger partial charge in [0.1, 0.15) is 5.41 Å². The van der Waals surface area contributed by atoms with Gasteiger partial charge in [-0.3, -0.25) is 4.79 Å². The van der Waals surface area contributed by atoms with Crippen molar-refractivity contribution in [1.82, 2.24) is 4.90 Å². The lowest BCUT2D eigenvalue weighted by Gasteiger charge is -2.34. The number of carbonyl (C=O) groups excluding carboxylic acids is 1. The van der Waals surface area contributed by atoms with E-state index in [1.807, 2.05) is 18.7 Å². The van der Waals surface area contributed by atoms with Crippen LogP contribution >= 0.6 is 0 Å². The van der Waals surface area contributed by atoms with Crippen LogP contribution in [-0.4, -0.2) is 34.9 Å². The van der Waals surface area contributed by atoms with Gasteiger partial charge in [0.2, 0.25) is 5.91 Å². The number of likely N-dealkylation sites (tertiary alicyclic amines) is 1. The lowest BCUT2D eigenvalue weighted by molar-refractivity contribution is -0.138. The monoisotopic (exact) mass is 269 g/mol. The van der Waals surface area contributed by atoms with Crippen molar-refractivity contribution >= 4 is 11.7 Å². The van der Waals surface area contributed by atoms with E-state index in [-0.39, 0.29) is 11.7 Å². The van der Waals surface area contributed by atoms with Crippen LogP contribution in [0.3, 0.4) is 0 Å². The van der Waals surface area contributed by atoms with Crippen LogP contribution in [0.2, 0.25) is 0 Å². The van der Waals surface area contributed by atoms with Crippen LogP contribution in [0.15, 0.2) is 5.16 Å². The summed E-state index contributed by atoms with van der Waals surface area (Å²) in [7, 11) is 0. The van der Waals surface area contributed by atoms with Crippen molar-refractivity contribution in [3.05, 3.63) is 0 Å². The van der Waals surface area contributed by atoms with Crippen molar-refractivity contribution in [1.29, 1.82) is 0 Å². The second kappa shape index (κ2) is 6.78. The van der Waals surface area contributed by atoms with Gasteiger partial charge in [-0.1, -0.05) is 38.8 Å². The number of nitrogens with zero attached hydrogens (tertiary/aromatic N) is 2. The van der Waals surface area contributed by atoms with Gasteiger partial charge in [-0.15, -0.1) is 0 Å². The van der Waals surface area contributed by atoms with Crippen molar-refractivity contribution in [3.63, 3.8) is 0 Å². The third-order valence-electron chi connectivity index (χ3n) is 4.07. The largest absolute Gasteiger partial charge is 0.409 e. The van der Waals surface area contributed by atoms with Gasteiger partial charge in [-0.25, -0.2) is 0 Å². The van der Waals surface area contributed by atoms with Crippen LogP contribution < -0.4 is 5.73 Å². The topological polar surface area (TPSA) is 78.9 Å². The Morgan fingerprint density at radius 3 is 2.37 bits per heavy atom. The minimum absolute atomic E-state index is 0.0378. The quantitative estimate of drug-likeness (QED) is 0.336. The maximum absolute atomic E-state index is 12.8. The molecule has 1 heterocycles. The molecule has 0 aromatic rings. The fourth-order valence-corrected chi connectivity index (χ4v) is 3.08. The second-order valence-corrected chi connectivity index (χ2v) is 5.71. The molecule has 0 aromatic heterocycles. The molecular formula is C14H27N3O2. The smallest absolute Gasteiger partial charge is 0.236 e. The molecule has 1 fully saturated rings. The molecule has 1 atom stereocenters. The van der Waals surface area contributed by atoms with E-state index in [0.29, 0.717) is 18.8 Å². The zero-order valence-corrected chi connectivity index (χ0v) is 12.4. The van der Waals surface area contributed by atoms with E-state index in [4.69, 9.17) is 10.9 Å². The third-order valence-corrected chi connectivity index (χ3v) is 4.07. The van der Waals surface area contributed by atoms with Crippen LogP contribution in [-0.2, 0) is 4.79 Å². The maximum atomic E-state index is 12.8. The molecule has 1 rings (SSSR count). The number of amidine groups is 1. The number of hydrogen-bond acceptors (Lipinski definition) is 3. The lowest BCUT2D eigenvalue weighted by Crippen LogP contribution is -2.51. The minimum atomic E-state index is -0.817. The van der Waals surface area contributed by atoms with Crippen LogP contribution in [0.25, 0.3) is 0 Å². The Labute approximate surface area is 115 Å². The molecule has 1 amide bonds. The number of carbonyl (C=O) groups is 1. The Hall–Kier alpha value is -1.26. The number of hydrogen-bond donors (Lipinski definition) is 2. The molecule has 0 aliphatic carbocycles. The molecule has 1 aliphatic heterocycles. The molecule has 0 spiro atoms. The van der Waals surface area contributed by atoms with Gasteiger partial charge in [-0.05, 0) is 25.2 Å². The molecule has 0 radical (unpaired) electrons. The van der Waals surface area contributed by atoms with E-state index in [0.717, 1.165) is 32.4 Å². The summed E-state index contributed by atoms with van der Waals surface area (Å²) in [5.74, 6) is 0.647. The maximum Gasteiger partial charge on any atom is 0.236 e. The second-order valence-electron chi connectivity index (χ2n) is 5.71. The Bertz CT molecular complexity index is 336. The number of amides is 1. The Morgan fingerprint density at radius 2 is 2.00 bits per heavy atom. The summed E-state index contributed by atoms with van der Waals surface area (Å²) in [6, 6.07) is 0. The normalized spacial score (nSPS) is 20.9. The summed E-state index contributed by atoms with van der Waals surface area (Å²) < 4.78 is 0. The molecule has 0 aromatic carbocycles. The van der Waals surface area contributed by atoms with E-state index >= 15 is 0 Å². The third kappa shape index (κ3) is 3.19. The molecule has 0 bridgehead atoms. The highest BCUT2D eigenvalue weighted by Gasteiger charge is 2.45. The molecule has 0 saturated carbocycles. The van der Waals surface area contributed by atoms with E-state index in [1.54, 1.807) is 0 Å². The fraction of sp³-hybridized carbons (Fsp3) is 0.857. The van der Waals surface area contributed by atoms with Crippen LogP contribution in [0.4, 0.5) is 0 Å². The SMILES string of the molecule is CCCC(CCC)(C(=O)N1CCC(C)C1)C(N)=NO. The molecular weight excluding hydrogens is 242 g/mol. The first-order valence-corrected chi connectivity index (χ1v) is 7.29. The Balaban J connectivity index is 3.03. The van der Waals surface area contributed by atoms with Crippen molar-refractivity contribution in [2.24, 2.45) is 22.2 Å². The highest BCUT2D eigenvalue weighted by atomic mass is 16.4. The van der Waals surface area contributed by atoms with Gasteiger partial charge in [-0.2, -0.15) is 0 Å². The zero-order valence-electron chi connectivity index (χ0n) is 12.4. The van der Waals surface area contributed by atoms with Gasteiger partial charge in [0, 0.05) is 13.1 Å². The van der Waals surface area contributed by atoms with E-state index < -0.39 is 5.41 Å². The van der Waals surface area contributed by atoms with Crippen molar-refractivity contribution in [2.75, 3.05) is 13.1 Å². The summed E-state index contributed by atoms with van der Waals surface area (Å²) >= 11 is 0. The molecule has 3 N–H and O–H groups in total. The first-order chi connectivity index (χ1) is 9.01. The highest BCUT2D eigenvalue weighted by Crippen LogP contribution is 2.34. The van der Waals surface area contributed by atoms with E-state index in [2.05, 4.69) is 12.1 Å². The molecule has 19 heavy (non-hydrogen) atoms. The van der Waals surface area contributed by atoms with Gasteiger partial charge in [0.25, 0.3) is 0 Å². The zero-order chi connectivity index (χ0) is 14.5. The lowest BCUT2D eigenvalue weighted by atomic mass is 9.76. The van der Waals surface area contributed by atoms with Crippen molar-refractivity contribution < 1.29 is 10.0 Å². The summed E-state index contributed by atoms with van der Waals surface area (Å²) in [6.45, 7) is 7.77. The summed E-state index contributed by atoms with van der Waals surface area (Å²) in [6.07, 6.45) is 3.99. The average Bonchev–Trinajstić information content (AvgIpc) is 2.83. The number of rotatable bonds is 6. The van der Waals surface area contributed by atoms with Crippen LogP contribution in [0, 0.1) is 11.3 Å². The standard InChI is InChI=1S/C14H27N3O2/c1-4-7-14(8-5-2,12(15)16-19)13(18)17-9-6-11(3)10-17/h11,19H,4-10H2,1-3H3,(H2,15,16).